The normalized spacial score (nSPS) is 10.4. The third-order valence-electron chi connectivity index (χ3n) is 4.75. The minimum absolute atomic E-state index is 0.988. The van der Waals surface area contributed by atoms with E-state index in [-0.39, 0.29) is 0 Å². The first kappa shape index (κ1) is 19.5. The Labute approximate surface area is 168 Å². The van der Waals surface area contributed by atoms with E-state index in [4.69, 9.17) is 0 Å². The summed E-state index contributed by atoms with van der Waals surface area (Å²) in [5, 5.41) is 2.65. The van der Waals surface area contributed by atoms with Crippen molar-refractivity contribution in [1.82, 2.24) is 0 Å². The zero-order valence-electron chi connectivity index (χ0n) is 16.5. The van der Waals surface area contributed by atoms with Crippen LogP contribution in [0.25, 0.3) is 20.2 Å². The van der Waals surface area contributed by atoms with Crippen molar-refractivity contribution in [2.75, 3.05) is 0 Å². The number of thiophene rings is 1. The van der Waals surface area contributed by atoms with Crippen LogP contribution in [0.15, 0.2) is 36.4 Å². The zero-order chi connectivity index (χ0) is 18.9. The number of benzene rings is 2. The molecule has 0 spiro atoms. The molecule has 0 saturated heterocycles. The van der Waals surface area contributed by atoms with E-state index in [0.29, 0.717) is 0 Å². The molecule has 0 amide bonds. The summed E-state index contributed by atoms with van der Waals surface area (Å²) in [4.78, 5) is 0. The van der Waals surface area contributed by atoms with Crippen LogP contribution in [-0.4, -0.2) is 0 Å². The van der Waals surface area contributed by atoms with E-state index in [9.17, 15) is 0 Å². The van der Waals surface area contributed by atoms with E-state index in [0.717, 1.165) is 24.0 Å². The number of unbranched alkanes of at least 4 members (excludes halogenated alkanes) is 6. The molecular formula is C26H28S. The number of rotatable bonds is 6. The molecule has 3 rings (SSSR count). The van der Waals surface area contributed by atoms with E-state index in [2.05, 4.69) is 73.9 Å². The Morgan fingerprint density at radius 1 is 0.667 bits per heavy atom. The van der Waals surface area contributed by atoms with Crippen molar-refractivity contribution in [3.05, 3.63) is 47.5 Å². The molecule has 0 bridgehead atoms. The fourth-order valence-corrected chi connectivity index (χ4v) is 4.35. The molecule has 0 N–H and O–H groups in total. The second-order valence-corrected chi connectivity index (χ2v) is 8.13. The summed E-state index contributed by atoms with van der Waals surface area (Å²) < 4.78 is 2.64. The maximum absolute atomic E-state index is 3.34. The molecule has 3 aromatic rings. The predicted octanol–water partition coefficient (Wildman–Crippen LogP) is 7.92. The van der Waals surface area contributed by atoms with Gasteiger partial charge in [-0.3, -0.25) is 0 Å². The predicted molar refractivity (Wildman–Crippen MR) is 121 cm³/mol. The van der Waals surface area contributed by atoms with Gasteiger partial charge in [0.1, 0.15) is 0 Å². The highest BCUT2D eigenvalue weighted by molar-refractivity contribution is 7.25. The Balaban J connectivity index is 1.77. The summed E-state index contributed by atoms with van der Waals surface area (Å²) >= 11 is 1.85. The summed E-state index contributed by atoms with van der Waals surface area (Å²) in [6.07, 6.45) is 9.49. The van der Waals surface area contributed by atoms with Crippen LogP contribution in [0.2, 0.25) is 0 Å². The molecule has 0 saturated carbocycles. The minimum Gasteiger partial charge on any atom is -0.135 e. The molecule has 2 aromatic carbocycles. The van der Waals surface area contributed by atoms with Crippen LogP contribution < -0.4 is 0 Å². The van der Waals surface area contributed by atoms with E-state index < -0.39 is 0 Å². The molecule has 0 unspecified atom stereocenters. The summed E-state index contributed by atoms with van der Waals surface area (Å²) in [5.74, 6) is 13.3. The van der Waals surface area contributed by atoms with Crippen LogP contribution in [-0.2, 0) is 0 Å². The summed E-state index contributed by atoms with van der Waals surface area (Å²) in [6, 6.07) is 13.2. The summed E-state index contributed by atoms with van der Waals surface area (Å²) in [7, 11) is 0. The van der Waals surface area contributed by atoms with Crippen molar-refractivity contribution < 1.29 is 0 Å². The molecule has 0 aliphatic rings. The largest absolute Gasteiger partial charge is 0.135 e. The monoisotopic (exact) mass is 372 g/mol. The maximum Gasteiger partial charge on any atom is 0.0367 e. The van der Waals surface area contributed by atoms with Gasteiger partial charge < -0.3 is 0 Å². The standard InChI is InChI=1S/C26H28S/c1-3-5-7-9-10-12-14-22-16-18-24-23-17-15-21(13-11-8-6-4-2)19-25(23)27-26(24)20-22/h15-20H,3-10H2,1-2H3. The van der Waals surface area contributed by atoms with Gasteiger partial charge in [0, 0.05) is 44.1 Å². The van der Waals surface area contributed by atoms with Crippen LogP contribution in [0.3, 0.4) is 0 Å². The van der Waals surface area contributed by atoms with Gasteiger partial charge in [-0.25, -0.2) is 0 Å². The lowest BCUT2D eigenvalue weighted by atomic mass is 10.1. The highest BCUT2D eigenvalue weighted by atomic mass is 32.1. The Kier molecular flexibility index (Phi) is 7.38. The molecule has 138 valence electrons. The molecule has 0 radical (unpaired) electrons. The lowest BCUT2D eigenvalue weighted by Gasteiger charge is -1.95. The van der Waals surface area contributed by atoms with Gasteiger partial charge in [-0.05, 0) is 37.1 Å². The van der Waals surface area contributed by atoms with Crippen LogP contribution in [0, 0.1) is 23.7 Å². The molecule has 1 aromatic heterocycles. The van der Waals surface area contributed by atoms with Crippen LogP contribution >= 0.6 is 11.3 Å². The SMILES string of the molecule is CCCCC#Cc1ccc2c(c1)sc1cc(C#CCCCCCC)ccc12. The summed E-state index contributed by atoms with van der Waals surface area (Å²) in [6.45, 7) is 4.45. The Hall–Kier alpha value is -2.22. The molecule has 0 nitrogen and oxygen atoms in total. The highest BCUT2D eigenvalue weighted by Gasteiger charge is 2.05. The third-order valence-corrected chi connectivity index (χ3v) is 5.86. The van der Waals surface area contributed by atoms with Gasteiger partial charge in [-0.2, -0.15) is 0 Å². The Bertz CT molecular complexity index is 1010. The van der Waals surface area contributed by atoms with Crippen LogP contribution in [0.5, 0.6) is 0 Å². The lowest BCUT2D eigenvalue weighted by Crippen LogP contribution is -1.76. The average Bonchev–Trinajstić information content (AvgIpc) is 3.05. The van der Waals surface area contributed by atoms with Crippen molar-refractivity contribution in [1.29, 1.82) is 0 Å². The van der Waals surface area contributed by atoms with E-state index in [1.54, 1.807) is 0 Å². The van der Waals surface area contributed by atoms with Gasteiger partial charge in [0.25, 0.3) is 0 Å². The number of fused-ring (bicyclic) bond motifs is 3. The van der Waals surface area contributed by atoms with Gasteiger partial charge in [-0.1, -0.05) is 75.3 Å². The average molecular weight is 373 g/mol. The quantitative estimate of drug-likeness (QED) is 0.304. The van der Waals surface area contributed by atoms with Gasteiger partial charge in [0.2, 0.25) is 0 Å². The molecular weight excluding hydrogens is 344 g/mol. The van der Waals surface area contributed by atoms with Crippen molar-refractivity contribution >= 4 is 31.5 Å². The summed E-state index contributed by atoms with van der Waals surface area (Å²) in [5.41, 5.74) is 2.25. The zero-order valence-corrected chi connectivity index (χ0v) is 17.3. The van der Waals surface area contributed by atoms with Gasteiger partial charge >= 0.3 is 0 Å². The second kappa shape index (κ2) is 10.2. The molecule has 0 fully saturated rings. The van der Waals surface area contributed by atoms with Crippen LogP contribution in [0.4, 0.5) is 0 Å². The smallest absolute Gasteiger partial charge is 0.0367 e. The van der Waals surface area contributed by atoms with Crippen LogP contribution in [0.1, 0.15) is 76.3 Å². The molecule has 0 aliphatic heterocycles. The van der Waals surface area contributed by atoms with Gasteiger partial charge in [0.05, 0.1) is 0 Å². The Morgan fingerprint density at radius 2 is 1.22 bits per heavy atom. The molecule has 27 heavy (non-hydrogen) atoms. The number of hydrogen-bond acceptors (Lipinski definition) is 1. The minimum atomic E-state index is 0.988. The highest BCUT2D eigenvalue weighted by Crippen LogP contribution is 2.34. The first-order chi connectivity index (χ1) is 13.3. The fourth-order valence-electron chi connectivity index (χ4n) is 3.17. The second-order valence-electron chi connectivity index (χ2n) is 7.04. The molecule has 0 aliphatic carbocycles. The van der Waals surface area contributed by atoms with Gasteiger partial charge in [-0.15, -0.1) is 11.3 Å². The third kappa shape index (κ3) is 5.38. The van der Waals surface area contributed by atoms with E-state index >= 15 is 0 Å². The fraction of sp³-hybridized carbons (Fsp3) is 0.385. The first-order valence-corrected chi connectivity index (χ1v) is 11.1. The maximum atomic E-state index is 3.34. The topological polar surface area (TPSA) is 0 Å². The van der Waals surface area contributed by atoms with Crippen molar-refractivity contribution in [3.8, 4) is 23.7 Å². The van der Waals surface area contributed by atoms with E-state index in [1.807, 2.05) is 11.3 Å². The Morgan fingerprint density at radius 3 is 1.78 bits per heavy atom. The molecule has 1 heteroatoms. The van der Waals surface area contributed by atoms with E-state index in [1.165, 1.54) is 58.7 Å². The lowest BCUT2D eigenvalue weighted by molar-refractivity contribution is 0.679. The molecule has 0 atom stereocenters. The molecule has 1 heterocycles. The first-order valence-electron chi connectivity index (χ1n) is 10.3. The van der Waals surface area contributed by atoms with Crippen molar-refractivity contribution in [2.45, 2.75) is 65.2 Å². The number of hydrogen-bond donors (Lipinski definition) is 0. The van der Waals surface area contributed by atoms with Gasteiger partial charge in [0.15, 0.2) is 0 Å². The van der Waals surface area contributed by atoms with Crippen molar-refractivity contribution in [2.24, 2.45) is 0 Å². The van der Waals surface area contributed by atoms with Crippen molar-refractivity contribution in [3.63, 3.8) is 0 Å².